The fourth-order valence-corrected chi connectivity index (χ4v) is 2.45. The Balaban J connectivity index is 1.99. The molecule has 0 unspecified atom stereocenters. The number of nitrogens with one attached hydrogen (secondary N) is 1. The minimum atomic E-state index is -0.138. The van der Waals surface area contributed by atoms with E-state index in [1.54, 1.807) is 18.2 Å². The number of benzene rings is 1. The highest BCUT2D eigenvalue weighted by Crippen LogP contribution is 2.29. The topological polar surface area (TPSA) is 71.5 Å². The number of hydrogen-bond donors (Lipinski definition) is 1. The number of rotatable bonds is 7. The molecule has 0 bridgehead atoms. The van der Waals surface area contributed by atoms with E-state index in [1.165, 1.54) is 6.92 Å². The standard InChI is InChI=1S/C19H23N3O3/c1-14-7-8-18(25-3)17(12-14)22(15(2)23)11-9-19(24)21-13-16-6-4-5-10-20-16/h4-8,10,12H,9,11,13H2,1-3H3,(H,21,24). The number of nitrogens with zero attached hydrogens (tertiary/aromatic N) is 2. The van der Waals surface area contributed by atoms with E-state index in [9.17, 15) is 9.59 Å². The van der Waals surface area contributed by atoms with E-state index in [4.69, 9.17) is 4.74 Å². The second-order valence-corrected chi connectivity index (χ2v) is 5.69. The average Bonchev–Trinajstić information content (AvgIpc) is 2.61. The Morgan fingerprint density at radius 1 is 1.24 bits per heavy atom. The van der Waals surface area contributed by atoms with Crippen molar-refractivity contribution >= 4 is 17.5 Å². The van der Waals surface area contributed by atoms with Crippen molar-refractivity contribution in [2.45, 2.75) is 26.8 Å². The van der Waals surface area contributed by atoms with Gasteiger partial charge in [-0.15, -0.1) is 0 Å². The van der Waals surface area contributed by atoms with Gasteiger partial charge in [0.25, 0.3) is 0 Å². The highest BCUT2D eigenvalue weighted by molar-refractivity contribution is 5.94. The maximum atomic E-state index is 12.1. The lowest BCUT2D eigenvalue weighted by Gasteiger charge is -2.23. The van der Waals surface area contributed by atoms with Crippen LogP contribution in [0.25, 0.3) is 0 Å². The SMILES string of the molecule is COc1ccc(C)cc1N(CCC(=O)NCc1ccccn1)C(C)=O. The number of aromatic nitrogens is 1. The first kappa shape index (κ1) is 18.4. The van der Waals surface area contributed by atoms with Crippen LogP contribution in [0.3, 0.4) is 0 Å². The first-order chi connectivity index (χ1) is 12.0. The molecule has 0 aliphatic rings. The van der Waals surface area contributed by atoms with E-state index in [-0.39, 0.29) is 24.8 Å². The number of carbonyl (C=O) groups excluding carboxylic acids is 2. The Morgan fingerprint density at radius 3 is 2.68 bits per heavy atom. The highest BCUT2D eigenvalue weighted by Gasteiger charge is 2.17. The lowest BCUT2D eigenvalue weighted by atomic mass is 10.1. The summed E-state index contributed by atoms with van der Waals surface area (Å²) < 4.78 is 5.34. The Hall–Kier alpha value is -2.89. The Morgan fingerprint density at radius 2 is 2.04 bits per heavy atom. The number of carbonyl (C=O) groups is 2. The van der Waals surface area contributed by atoms with Crippen molar-refractivity contribution in [1.29, 1.82) is 0 Å². The zero-order valence-corrected chi connectivity index (χ0v) is 14.8. The summed E-state index contributed by atoms with van der Waals surface area (Å²) >= 11 is 0. The zero-order valence-electron chi connectivity index (χ0n) is 14.8. The quantitative estimate of drug-likeness (QED) is 0.840. The molecule has 0 fully saturated rings. The van der Waals surface area contributed by atoms with Crippen LogP contribution in [0.5, 0.6) is 5.75 Å². The summed E-state index contributed by atoms with van der Waals surface area (Å²) in [6, 6.07) is 11.2. The first-order valence-electron chi connectivity index (χ1n) is 8.10. The number of amides is 2. The summed E-state index contributed by atoms with van der Waals surface area (Å²) in [4.78, 5) is 29.9. The summed E-state index contributed by atoms with van der Waals surface area (Å²) in [5.41, 5.74) is 2.48. The molecule has 0 aliphatic heterocycles. The van der Waals surface area contributed by atoms with Crippen LogP contribution >= 0.6 is 0 Å². The van der Waals surface area contributed by atoms with Gasteiger partial charge in [-0.2, -0.15) is 0 Å². The van der Waals surface area contributed by atoms with Crippen LogP contribution < -0.4 is 15.0 Å². The van der Waals surface area contributed by atoms with Gasteiger partial charge in [0.2, 0.25) is 11.8 Å². The third-order valence-electron chi connectivity index (χ3n) is 3.76. The van der Waals surface area contributed by atoms with Crippen molar-refractivity contribution in [2.75, 3.05) is 18.6 Å². The summed E-state index contributed by atoms with van der Waals surface area (Å²) in [6.45, 7) is 4.07. The lowest BCUT2D eigenvalue weighted by molar-refractivity contribution is -0.121. The molecular formula is C19H23N3O3. The molecule has 132 valence electrons. The van der Waals surface area contributed by atoms with Crippen LogP contribution in [-0.4, -0.2) is 30.5 Å². The van der Waals surface area contributed by atoms with Gasteiger partial charge in [0.05, 0.1) is 25.0 Å². The maximum Gasteiger partial charge on any atom is 0.223 e. The van der Waals surface area contributed by atoms with Crippen molar-refractivity contribution < 1.29 is 14.3 Å². The normalized spacial score (nSPS) is 10.2. The van der Waals surface area contributed by atoms with E-state index in [0.29, 0.717) is 18.0 Å². The molecule has 6 nitrogen and oxygen atoms in total. The zero-order chi connectivity index (χ0) is 18.2. The molecule has 2 rings (SSSR count). The van der Waals surface area contributed by atoms with Crippen LogP contribution in [0.1, 0.15) is 24.6 Å². The fraction of sp³-hybridized carbons (Fsp3) is 0.316. The van der Waals surface area contributed by atoms with Gasteiger partial charge in [0.1, 0.15) is 5.75 Å². The van der Waals surface area contributed by atoms with Crippen molar-refractivity contribution in [3.63, 3.8) is 0 Å². The molecule has 2 amide bonds. The number of pyridine rings is 1. The fourth-order valence-electron chi connectivity index (χ4n) is 2.45. The van der Waals surface area contributed by atoms with Crippen molar-refractivity contribution in [1.82, 2.24) is 10.3 Å². The highest BCUT2D eigenvalue weighted by atomic mass is 16.5. The molecule has 0 spiro atoms. The number of aryl methyl sites for hydroxylation is 1. The molecule has 0 aliphatic carbocycles. The van der Waals surface area contributed by atoms with Crippen LogP contribution in [0.15, 0.2) is 42.6 Å². The summed E-state index contributed by atoms with van der Waals surface area (Å²) in [7, 11) is 1.56. The summed E-state index contributed by atoms with van der Waals surface area (Å²) in [5.74, 6) is 0.333. The van der Waals surface area contributed by atoms with E-state index >= 15 is 0 Å². The third kappa shape index (κ3) is 5.31. The third-order valence-corrected chi connectivity index (χ3v) is 3.76. The van der Waals surface area contributed by atoms with Gasteiger partial charge in [-0.05, 0) is 36.8 Å². The Bertz CT molecular complexity index is 732. The van der Waals surface area contributed by atoms with Crippen LogP contribution in [0.4, 0.5) is 5.69 Å². The first-order valence-corrected chi connectivity index (χ1v) is 8.10. The van der Waals surface area contributed by atoms with E-state index < -0.39 is 0 Å². The summed E-state index contributed by atoms with van der Waals surface area (Å²) in [6.07, 6.45) is 1.88. The van der Waals surface area contributed by atoms with Gasteiger partial charge in [-0.1, -0.05) is 12.1 Å². The van der Waals surface area contributed by atoms with Gasteiger partial charge in [-0.25, -0.2) is 0 Å². The second-order valence-electron chi connectivity index (χ2n) is 5.69. The van der Waals surface area contributed by atoms with E-state index in [2.05, 4.69) is 10.3 Å². The maximum absolute atomic E-state index is 12.1. The van der Waals surface area contributed by atoms with Crippen molar-refractivity contribution in [3.05, 3.63) is 53.9 Å². The number of methoxy groups -OCH3 is 1. The molecule has 1 aromatic heterocycles. The predicted molar refractivity (Wildman–Crippen MR) is 96.5 cm³/mol. The number of ether oxygens (including phenoxy) is 1. The van der Waals surface area contributed by atoms with Crippen LogP contribution in [0, 0.1) is 6.92 Å². The van der Waals surface area contributed by atoms with Crippen molar-refractivity contribution in [3.8, 4) is 5.75 Å². The van der Waals surface area contributed by atoms with Gasteiger partial charge < -0.3 is 15.0 Å². The van der Waals surface area contributed by atoms with Crippen molar-refractivity contribution in [2.24, 2.45) is 0 Å². The predicted octanol–water partition coefficient (Wildman–Crippen LogP) is 2.46. The smallest absolute Gasteiger partial charge is 0.223 e. The van der Waals surface area contributed by atoms with Gasteiger partial charge >= 0.3 is 0 Å². The Kier molecular flexibility index (Phi) is 6.51. The molecule has 0 atom stereocenters. The molecular weight excluding hydrogens is 318 g/mol. The van der Waals surface area contributed by atoms with Gasteiger partial charge in [-0.3, -0.25) is 14.6 Å². The minimum Gasteiger partial charge on any atom is -0.495 e. The molecule has 25 heavy (non-hydrogen) atoms. The molecule has 0 saturated heterocycles. The van der Waals surface area contributed by atoms with Gasteiger partial charge in [0.15, 0.2) is 0 Å². The minimum absolute atomic E-state index is 0.136. The Labute approximate surface area is 147 Å². The van der Waals surface area contributed by atoms with E-state index in [1.807, 2.05) is 43.3 Å². The second kappa shape index (κ2) is 8.82. The van der Waals surface area contributed by atoms with Crippen LogP contribution in [0.2, 0.25) is 0 Å². The number of hydrogen-bond acceptors (Lipinski definition) is 4. The molecule has 2 aromatic rings. The molecule has 1 heterocycles. The molecule has 0 radical (unpaired) electrons. The average molecular weight is 341 g/mol. The summed E-state index contributed by atoms with van der Waals surface area (Å²) in [5, 5.41) is 2.81. The van der Waals surface area contributed by atoms with Crippen LogP contribution in [-0.2, 0) is 16.1 Å². The molecule has 1 N–H and O–H groups in total. The molecule has 0 saturated carbocycles. The molecule has 6 heteroatoms. The largest absolute Gasteiger partial charge is 0.495 e. The van der Waals surface area contributed by atoms with E-state index in [0.717, 1.165) is 11.3 Å². The monoisotopic (exact) mass is 341 g/mol. The number of anilines is 1. The molecule has 1 aromatic carbocycles. The lowest BCUT2D eigenvalue weighted by Crippen LogP contribution is -2.34. The van der Waals surface area contributed by atoms with Gasteiger partial charge in [0, 0.05) is 26.1 Å².